The Balaban J connectivity index is 1.48. The van der Waals surface area contributed by atoms with E-state index >= 15 is 0 Å². The molecule has 2 aliphatic heterocycles. The number of pyridine rings is 1. The van der Waals surface area contributed by atoms with Gasteiger partial charge in [0.25, 0.3) is 5.91 Å². The van der Waals surface area contributed by atoms with Crippen LogP contribution in [0.4, 0.5) is 4.79 Å². The number of thioether (sulfide) groups is 1. The lowest BCUT2D eigenvalue weighted by Crippen LogP contribution is -2.70. The number of allylic oxidation sites excluding steroid dienone is 1. The molecule has 2 aromatic carbocycles. The van der Waals surface area contributed by atoms with Gasteiger partial charge in [-0.1, -0.05) is 78.9 Å². The van der Waals surface area contributed by atoms with Gasteiger partial charge in [0.15, 0.2) is 6.10 Å². The summed E-state index contributed by atoms with van der Waals surface area (Å²) in [6.07, 6.45) is 4.09. The number of esters is 1. The fourth-order valence-corrected chi connectivity index (χ4v) is 6.12. The molecule has 1 fully saturated rings. The summed E-state index contributed by atoms with van der Waals surface area (Å²) in [6.45, 7) is 7.18. The van der Waals surface area contributed by atoms with E-state index in [0.29, 0.717) is 11.3 Å². The fraction of sp³-hybridized carbons (Fsp3) is 0.273. The van der Waals surface area contributed by atoms with Crippen molar-refractivity contribution in [3.05, 3.63) is 119 Å². The van der Waals surface area contributed by atoms with E-state index in [9.17, 15) is 14.4 Å². The minimum absolute atomic E-state index is 0.167. The molecule has 1 saturated heterocycles. The third kappa shape index (κ3) is 6.41. The second-order valence-corrected chi connectivity index (χ2v) is 12.1. The number of ether oxygens (including phenoxy) is 2. The standard InChI is InChI=1S/C33H33N3O5S/c1-21-22(16-11-19-34-21)17-18-25-20-42-30-26(35-32(39)41-33(2,3)4)29(37)36(30)27(25)31(38)40-28(23-12-7-5-8-13-23)24-14-9-6-10-15-24/h5-19,26,28,30H,20H2,1-4H3,(H,35,39)/b18-17-/t26-,30-/m1/s1. The van der Waals surface area contributed by atoms with Crippen LogP contribution < -0.4 is 5.32 Å². The fourth-order valence-electron chi connectivity index (χ4n) is 4.80. The van der Waals surface area contributed by atoms with Gasteiger partial charge in [0, 0.05) is 17.6 Å². The van der Waals surface area contributed by atoms with Crippen molar-refractivity contribution >= 4 is 35.8 Å². The minimum Gasteiger partial charge on any atom is -0.448 e. The Bertz CT molecular complexity index is 1490. The maximum absolute atomic E-state index is 14.1. The number of rotatable bonds is 7. The molecule has 216 valence electrons. The van der Waals surface area contributed by atoms with Gasteiger partial charge in [-0.2, -0.15) is 0 Å². The molecule has 1 N–H and O–H groups in total. The molecule has 3 heterocycles. The molecule has 2 atom stereocenters. The predicted octanol–water partition coefficient (Wildman–Crippen LogP) is 5.80. The van der Waals surface area contributed by atoms with E-state index in [1.165, 1.54) is 16.7 Å². The number of hydrogen-bond donors (Lipinski definition) is 1. The molecule has 9 heteroatoms. The second-order valence-electron chi connectivity index (χ2n) is 11.0. The Morgan fingerprint density at radius 3 is 2.24 bits per heavy atom. The highest BCUT2D eigenvalue weighted by molar-refractivity contribution is 8.00. The van der Waals surface area contributed by atoms with Gasteiger partial charge in [-0.25, -0.2) is 9.59 Å². The first-order chi connectivity index (χ1) is 20.1. The number of alkyl carbamates (subject to hydrolysis) is 1. The summed E-state index contributed by atoms with van der Waals surface area (Å²) in [5.74, 6) is -0.586. The molecule has 0 bridgehead atoms. The zero-order valence-corrected chi connectivity index (χ0v) is 24.8. The van der Waals surface area contributed by atoms with Crippen LogP contribution in [-0.4, -0.2) is 50.6 Å². The van der Waals surface area contributed by atoms with Gasteiger partial charge in [-0.05, 0) is 56.0 Å². The zero-order valence-electron chi connectivity index (χ0n) is 23.9. The second kappa shape index (κ2) is 12.2. The van der Waals surface area contributed by atoms with Crippen molar-refractivity contribution in [2.45, 2.75) is 50.8 Å². The molecule has 42 heavy (non-hydrogen) atoms. The van der Waals surface area contributed by atoms with Gasteiger partial charge in [0.1, 0.15) is 22.7 Å². The van der Waals surface area contributed by atoms with Crippen molar-refractivity contribution in [1.29, 1.82) is 0 Å². The quantitative estimate of drug-likeness (QED) is 0.277. The van der Waals surface area contributed by atoms with Crippen LogP contribution >= 0.6 is 11.8 Å². The van der Waals surface area contributed by atoms with Crippen molar-refractivity contribution in [3.8, 4) is 0 Å². The Hall–Kier alpha value is -4.37. The van der Waals surface area contributed by atoms with Crippen molar-refractivity contribution < 1.29 is 23.9 Å². The average molecular weight is 584 g/mol. The number of hydrogen-bond acceptors (Lipinski definition) is 7. The van der Waals surface area contributed by atoms with Crippen molar-refractivity contribution in [3.63, 3.8) is 0 Å². The van der Waals surface area contributed by atoms with Crippen LogP contribution in [0.25, 0.3) is 6.08 Å². The number of benzene rings is 2. The Kier molecular flexibility index (Phi) is 8.49. The predicted molar refractivity (Wildman–Crippen MR) is 162 cm³/mol. The number of aromatic nitrogens is 1. The topological polar surface area (TPSA) is 97.8 Å². The van der Waals surface area contributed by atoms with Gasteiger partial charge in [-0.15, -0.1) is 11.8 Å². The van der Waals surface area contributed by atoms with Crippen molar-refractivity contribution in [2.75, 3.05) is 5.75 Å². The van der Waals surface area contributed by atoms with Crippen LogP contribution in [0.5, 0.6) is 0 Å². The number of β-lactam (4-membered cyclic amide) rings is 1. The number of carbonyl (C=O) groups excluding carboxylic acids is 3. The molecule has 0 saturated carbocycles. The van der Waals surface area contributed by atoms with E-state index in [2.05, 4.69) is 10.3 Å². The number of amides is 2. The van der Waals surface area contributed by atoms with E-state index < -0.39 is 41.1 Å². The van der Waals surface area contributed by atoms with E-state index in [4.69, 9.17) is 9.47 Å². The molecule has 1 aromatic heterocycles. The lowest BCUT2D eigenvalue weighted by molar-refractivity contribution is -0.153. The molecule has 8 nitrogen and oxygen atoms in total. The number of aryl methyl sites for hydroxylation is 1. The smallest absolute Gasteiger partial charge is 0.408 e. The third-order valence-electron chi connectivity index (χ3n) is 6.80. The van der Waals surface area contributed by atoms with Crippen molar-refractivity contribution in [2.24, 2.45) is 0 Å². The molecule has 0 aliphatic carbocycles. The van der Waals surface area contributed by atoms with Gasteiger partial charge >= 0.3 is 12.1 Å². The zero-order chi connectivity index (χ0) is 29.9. The average Bonchev–Trinajstić information content (AvgIpc) is 2.97. The largest absolute Gasteiger partial charge is 0.448 e. The lowest BCUT2D eigenvalue weighted by atomic mass is 10.0. The molecular formula is C33H33N3O5S. The Morgan fingerprint density at radius 1 is 1.00 bits per heavy atom. The first-order valence-corrected chi connectivity index (χ1v) is 14.7. The van der Waals surface area contributed by atoms with Crippen molar-refractivity contribution in [1.82, 2.24) is 15.2 Å². The Labute approximate surface area is 249 Å². The summed E-state index contributed by atoms with van der Waals surface area (Å²) < 4.78 is 11.6. The van der Waals surface area contributed by atoms with Crippen LogP contribution in [-0.2, 0) is 19.1 Å². The Morgan fingerprint density at radius 2 is 1.64 bits per heavy atom. The third-order valence-corrected chi connectivity index (χ3v) is 8.11. The first kappa shape index (κ1) is 29.1. The summed E-state index contributed by atoms with van der Waals surface area (Å²) in [5.41, 5.74) is 3.46. The maximum atomic E-state index is 14.1. The van der Waals surface area contributed by atoms with E-state index in [1.807, 2.05) is 91.9 Å². The molecule has 3 aromatic rings. The molecule has 2 aliphatic rings. The minimum atomic E-state index is -0.821. The summed E-state index contributed by atoms with van der Waals surface area (Å²) in [4.78, 5) is 45.8. The van der Waals surface area contributed by atoms with E-state index in [0.717, 1.165) is 22.4 Å². The highest BCUT2D eigenvalue weighted by Crippen LogP contribution is 2.42. The summed E-state index contributed by atoms with van der Waals surface area (Å²) in [7, 11) is 0. The highest BCUT2D eigenvalue weighted by atomic mass is 32.2. The number of nitrogens with zero attached hydrogens (tertiary/aromatic N) is 2. The van der Waals surface area contributed by atoms with Crippen LogP contribution in [0.2, 0.25) is 0 Å². The monoisotopic (exact) mass is 583 g/mol. The molecule has 5 rings (SSSR count). The summed E-state index contributed by atoms with van der Waals surface area (Å²) in [6, 6.07) is 21.9. The van der Waals surface area contributed by atoms with Crippen LogP contribution in [0.3, 0.4) is 0 Å². The maximum Gasteiger partial charge on any atom is 0.408 e. The summed E-state index contributed by atoms with van der Waals surface area (Å²) >= 11 is 1.47. The van der Waals surface area contributed by atoms with E-state index in [1.54, 1.807) is 27.0 Å². The SMILES string of the molecule is Cc1ncccc1/C=C\C1=C(C(=O)OC(c2ccccc2)c2ccccc2)N2C(=O)[C@@H](NC(=O)OC(C)(C)C)[C@H]2SC1. The van der Waals surface area contributed by atoms with Crippen LogP contribution in [0.1, 0.15) is 49.3 Å². The van der Waals surface area contributed by atoms with Gasteiger partial charge < -0.3 is 14.8 Å². The number of nitrogens with one attached hydrogen (secondary N) is 1. The number of carbonyl (C=O) groups is 3. The highest BCUT2D eigenvalue weighted by Gasteiger charge is 2.54. The molecule has 0 spiro atoms. The van der Waals surface area contributed by atoms with Gasteiger partial charge in [0.05, 0.1) is 0 Å². The molecule has 2 amide bonds. The summed E-state index contributed by atoms with van der Waals surface area (Å²) in [5, 5.41) is 2.20. The lowest BCUT2D eigenvalue weighted by Gasteiger charge is -2.49. The van der Waals surface area contributed by atoms with Crippen LogP contribution in [0, 0.1) is 6.92 Å². The first-order valence-electron chi connectivity index (χ1n) is 13.7. The van der Waals surface area contributed by atoms with Gasteiger partial charge in [0.2, 0.25) is 0 Å². The van der Waals surface area contributed by atoms with Gasteiger partial charge in [-0.3, -0.25) is 14.7 Å². The van der Waals surface area contributed by atoms with E-state index in [-0.39, 0.29) is 5.70 Å². The molecule has 0 unspecified atom stereocenters. The van der Waals surface area contributed by atoms with Crippen LogP contribution in [0.15, 0.2) is 96.3 Å². The normalized spacial score (nSPS) is 18.5. The molecular weight excluding hydrogens is 550 g/mol. The number of fused-ring (bicyclic) bond motifs is 1. The molecule has 0 radical (unpaired) electrons.